The van der Waals surface area contributed by atoms with Gasteiger partial charge in [-0.3, -0.25) is 4.79 Å². The van der Waals surface area contributed by atoms with Gasteiger partial charge in [-0.05, 0) is 48.9 Å². The topological polar surface area (TPSA) is 87.6 Å². The Labute approximate surface area is 174 Å². The Hall–Kier alpha value is -3.16. The normalized spacial score (nSPS) is 11.7. The van der Waals surface area contributed by atoms with Crippen molar-refractivity contribution >= 4 is 38.9 Å². The molecule has 0 saturated carbocycles. The van der Waals surface area contributed by atoms with Gasteiger partial charge in [0, 0.05) is 5.69 Å². The zero-order valence-electron chi connectivity index (χ0n) is 15.5. The third kappa shape index (κ3) is 5.22. The summed E-state index contributed by atoms with van der Waals surface area (Å²) in [6, 6.07) is 21.6. The summed E-state index contributed by atoms with van der Waals surface area (Å²) in [6.07, 6.45) is 0. The van der Waals surface area contributed by atoms with Crippen LogP contribution < -0.4 is 10.1 Å². The van der Waals surface area contributed by atoms with Crippen LogP contribution in [0.25, 0.3) is 0 Å². The summed E-state index contributed by atoms with van der Waals surface area (Å²) in [7, 11) is -3.76. The maximum Gasteiger partial charge on any atom is 0.276 e. The van der Waals surface area contributed by atoms with Crippen molar-refractivity contribution in [2.75, 3.05) is 5.32 Å². The molecule has 0 saturated heterocycles. The molecule has 0 aliphatic carbocycles. The first kappa shape index (κ1) is 20.6. The summed E-state index contributed by atoms with van der Waals surface area (Å²) >= 11 is 6.06. The van der Waals surface area contributed by atoms with Gasteiger partial charge in [0.05, 0.1) is 21.2 Å². The predicted molar refractivity (Wildman–Crippen MR) is 115 cm³/mol. The van der Waals surface area contributed by atoms with Crippen LogP contribution in [0.4, 0.5) is 5.69 Å². The maximum atomic E-state index is 12.4. The van der Waals surface area contributed by atoms with Crippen LogP contribution in [0, 0.1) is 0 Å². The van der Waals surface area contributed by atoms with Gasteiger partial charge in [-0.15, -0.1) is 0 Å². The zero-order chi connectivity index (χ0) is 20.9. The van der Waals surface area contributed by atoms with Crippen molar-refractivity contribution in [3.8, 4) is 0 Å². The summed E-state index contributed by atoms with van der Waals surface area (Å²) in [5, 5.41) is 7.11. The van der Waals surface area contributed by atoms with E-state index in [1.54, 1.807) is 73.7 Å². The molecule has 0 aromatic heterocycles. The Morgan fingerprint density at radius 3 is 2.34 bits per heavy atom. The quantitative estimate of drug-likeness (QED) is 0.454. The smallest absolute Gasteiger partial charge is 0.276 e. The van der Waals surface area contributed by atoms with Crippen molar-refractivity contribution in [2.24, 2.45) is 5.10 Å². The lowest BCUT2D eigenvalue weighted by Crippen LogP contribution is -2.20. The monoisotopic (exact) mass is 427 g/mol. The van der Waals surface area contributed by atoms with Crippen LogP contribution in [0.5, 0.6) is 0 Å². The predicted octanol–water partition coefficient (Wildman–Crippen LogP) is 4.29. The van der Waals surface area contributed by atoms with E-state index in [9.17, 15) is 13.2 Å². The van der Waals surface area contributed by atoms with Crippen molar-refractivity contribution in [3.63, 3.8) is 0 Å². The molecule has 3 aromatic carbocycles. The molecule has 148 valence electrons. The molecule has 29 heavy (non-hydrogen) atoms. The second-order valence-corrected chi connectivity index (χ2v) is 8.19. The van der Waals surface area contributed by atoms with E-state index in [2.05, 4.69) is 15.2 Å². The molecule has 0 spiro atoms. The average molecular weight is 428 g/mol. The third-order valence-corrected chi connectivity index (χ3v) is 5.60. The summed E-state index contributed by atoms with van der Waals surface area (Å²) in [5.41, 5.74) is 1.99. The van der Waals surface area contributed by atoms with E-state index >= 15 is 0 Å². The minimum absolute atomic E-state index is 0.123. The number of amides is 1. The van der Waals surface area contributed by atoms with E-state index in [0.29, 0.717) is 27.5 Å². The van der Waals surface area contributed by atoms with Crippen LogP contribution in [-0.4, -0.2) is 20.0 Å². The SMILES string of the molecule is CC(=NNS(=O)(=O)c1ccccc1)c1cccc(NC(=O)c2ccccc2Cl)c1. The van der Waals surface area contributed by atoms with Gasteiger partial charge >= 0.3 is 0 Å². The van der Waals surface area contributed by atoms with E-state index in [-0.39, 0.29) is 10.8 Å². The fraction of sp³-hybridized carbons (Fsp3) is 0.0476. The highest BCUT2D eigenvalue weighted by Gasteiger charge is 2.13. The number of sulfonamides is 1. The molecule has 0 atom stereocenters. The lowest BCUT2D eigenvalue weighted by molar-refractivity contribution is 0.102. The van der Waals surface area contributed by atoms with Crippen molar-refractivity contribution in [1.29, 1.82) is 0 Å². The number of benzene rings is 3. The summed E-state index contributed by atoms with van der Waals surface area (Å²) in [5.74, 6) is -0.341. The molecule has 1 amide bonds. The number of hydrogen-bond donors (Lipinski definition) is 2. The van der Waals surface area contributed by atoms with Gasteiger partial charge in [0.15, 0.2) is 0 Å². The Kier molecular flexibility index (Phi) is 6.31. The number of rotatable bonds is 6. The lowest BCUT2D eigenvalue weighted by atomic mass is 10.1. The van der Waals surface area contributed by atoms with Gasteiger partial charge in [0.1, 0.15) is 0 Å². The van der Waals surface area contributed by atoms with Crippen LogP contribution in [0.2, 0.25) is 5.02 Å². The van der Waals surface area contributed by atoms with Crippen molar-refractivity contribution in [3.05, 3.63) is 95.0 Å². The molecule has 0 aliphatic heterocycles. The Morgan fingerprint density at radius 1 is 0.931 bits per heavy atom. The van der Waals surface area contributed by atoms with Crippen LogP contribution in [0.1, 0.15) is 22.8 Å². The number of halogens is 1. The molecule has 0 unspecified atom stereocenters. The van der Waals surface area contributed by atoms with Crippen molar-refractivity contribution < 1.29 is 13.2 Å². The first-order chi connectivity index (χ1) is 13.9. The van der Waals surface area contributed by atoms with Crippen molar-refractivity contribution in [2.45, 2.75) is 11.8 Å². The number of hydrogen-bond acceptors (Lipinski definition) is 4. The van der Waals surface area contributed by atoms with E-state index in [0.717, 1.165) is 0 Å². The van der Waals surface area contributed by atoms with E-state index < -0.39 is 10.0 Å². The van der Waals surface area contributed by atoms with Gasteiger partial charge in [0.25, 0.3) is 15.9 Å². The fourth-order valence-electron chi connectivity index (χ4n) is 2.51. The highest BCUT2D eigenvalue weighted by atomic mass is 35.5. The summed E-state index contributed by atoms with van der Waals surface area (Å²) in [4.78, 5) is 14.8. The number of carbonyl (C=O) groups excluding carboxylic acids is 1. The zero-order valence-corrected chi connectivity index (χ0v) is 17.0. The number of hydrazone groups is 1. The molecule has 8 heteroatoms. The van der Waals surface area contributed by atoms with Crippen molar-refractivity contribution in [1.82, 2.24) is 4.83 Å². The van der Waals surface area contributed by atoms with E-state index in [4.69, 9.17) is 11.6 Å². The molecule has 6 nitrogen and oxygen atoms in total. The molecule has 0 aliphatic rings. The minimum Gasteiger partial charge on any atom is -0.322 e. The number of anilines is 1. The van der Waals surface area contributed by atoms with Gasteiger partial charge in [0.2, 0.25) is 0 Å². The fourth-order valence-corrected chi connectivity index (χ4v) is 3.61. The van der Waals surface area contributed by atoms with Gasteiger partial charge < -0.3 is 5.32 Å². The Morgan fingerprint density at radius 2 is 1.62 bits per heavy atom. The molecule has 2 N–H and O–H groups in total. The van der Waals surface area contributed by atoms with Gasteiger partial charge in [-0.25, -0.2) is 0 Å². The summed E-state index contributed by atoms with van der Waals surface area (Å²) < 4.78 is 24.6. The molecule has 3 rings (SSSR count). The third-order valence-electron chi connectivity index (χ3n) is 4.04. The first-order valence-corrected chi connectivity index (χ1v) is 10.5. The minimum atomic E-state index is -3.76. The second kappa shape index (κ2) is 8.89. The van der Waals surface area contributed by atoms with Crippen LogP contribution in [0.3, 0.4) is 0 Å². The summed E-state index contributed by atoms with van der Waals surface area (Å²) in [6.45, 7) is 1.67. The van der Waals surface area contributed by atoms with E-state index in [1.165, 1.54) is 12.1 Å². The van der Waals surface area contributed by atoms with Crippen LogP contribution in [0.15, 0.2) is 88.9 Å². The molecular formula is C21H18ClN3O3S. The Bertz CT molecular complexity index is 1160. The van der Waals surface area contributed by atoms with Crippen LogP contribution >= 0.6 is 11.6 Å². The standard InChI is InChI=1S/C21H18ClN3O3S/c1-15(24-25-29(27,28)18-10-3-2-4-11-18)16-8-7-9-17(14-16)23-21(26)19-12-5-6-13-20(19)22/h2-14,25H,1H3,(H,23,26). The maximum absolute atomic E-state index is 12.4. The molecule has 0 heterocycles. The first-order valence-electron chi connectivity index (χ1n) is 8.64. The highest BCUT2D eigenvalue weighted by Crippen LogP contribution is 2.18. The molecular weight excluding hydrogens is 410 g/mol. The molecule has 0 fully saturated rings. The highest BCUT2D eigenvalue weighted by molar-refractivity contribution is 7.89. The van der Waals surface area contributed by atoms with Gasteiger partial charge in [-0.2, -0.15) is 18.4 Å². The number of carbonyl (C=O) groups is 1. The van der Waals surface area contributed by atoms with Crippen LogP contribution in [-0.2, 0) is 10.0 Å². The number of nitrogens with zero attached hydrogens (tertiary/aromatic N) is 1. The molecule has 0 bridgehead atoms. The molecule has 0 radical (unpaired) electrons. The van der Waals surface area contributed by atoms with Gasteiger partial charge in [-0.1, -0.05) is 54.1 Å². The largest absolute Gasteiger partial charge is 0.322 e. The Balaban J connectivity index is 1.76. The van der Waals surface area contributed by atoms with E-state index in [1.807, 2.05) is 0 Å². The molecule has 3 aromatic rings. The lowest BCUT2D eigenvalue weighted by Gasteiger charge is -2.09. The number of nitrogens with one attached hydrogen (secondary N) is 2. The second-order valence-electron chi connectivity index (χ2n) is 6.12. The average Bonchev–Trinajstić information content (AvgIpc) is 2.73.